The molecule has 0 N–H and O–H groups in total. The van der Waals surface area contributed by atoms with Crippen LogP contribution in [0.4, 0.5) is 5.82 Å². The quantitative estimate of drug-likeness (QED) is 0.632. The van der Waals surface area contributed by atoms with E-state index in [0.717, 1.165) is 5.82 Å². The molecular formula is C9H15N3. The molecule has 0 bridgehead atoms. The van der Waals surface area contributed by atoms with E-state index >= 15 is 0 Å². The first kappa shape index (κ1) is 8.84. The van der Waals surface area contributed by atoms with E-state index in [9.17, 15) is 0 Å². The van der Waals surface area contributed by atoms with Gasteiger partial charge in [0.25, 0.3) is 0 Å². The monoisotopic (exact) mass is 165 g/mol. The van der Waals surface area contributed by atoms with Crippen LogP contribution in [0.25, 0.3) is 0 Å². The van der Waals surface area contributed by atoms with Crippen molar-refractivity contribution in [2.75, 3.05) is 11.9 Å². The predicted octanol–water partition coefficient (Wildman–Crippen LogP) is 1.43. The van der Waals surface area contributed by atoms with Crippen LogP contribution in [0.15, 0.2) is 24.9 Å². The molecule has 1 heterocycles. The molecule has 0 amide bonds. The number of nitrogens with zero attached hydrogens (tertiary/aromatic N) is 3. The first-order chi connectivity index (χ1) is 5.65. The highest BCUT2D eigenvalue weighted by atomic mass is 15.3. The summed E-state index contributed by atoms with van der Waals surface area (Å²) in [6.45, 7) is 5.82. The minimum absolute atomic E-state index is 0.319. The average molecular weight is 165 g/mol. The highest BCUT2D eigenvalue weighted by Gasteiger charge is 2.07. The Hall–Kier alpha value is -1.25. The van der Waals surface area contributed by atoms with Crippen molar-refractivity contribution in [3.05, 3.63) is 24.9 Å². The lowest BCUT2D eigenvalue weighted by atomic mass is 10.3. The first-order valence-corrected chi connectivity index (χ1v) is 4.00. The summed E-state index contributed by atoms with van der Waals surface area (Å²) in [6.07, 6.45) is 3.83. The molecule has 3 nitrogen and oxygen atoms in total. The number of anilines is 1. The molecule has 1 aromatic heterocycles. The Morgan fingerprint density at radius 3 is 2.83 bits per heavy atom. The van der Waals surface area contributed by atoms with Crippen molar-refractivity contribution >= 4 is 5.82 Å². The molecule has 0 aliphatic heterocycles. The number of likely N-dealkylation sites (N-methyl/N-ethyl adjacent to an activating group) is 1. The van der Waals surface area contributed by atoms with Crippen LogP contribution >= 0.6 is 0 Å². The molecule has 0 fully saturated rings. The van der Waals surface area contributed by atoms with Gasteiger partial charge in [-0.15, -0.1) is 6.58 Å². The molecular weight excluding hydrogens is 150 g/mol. The second-order valence-electron chi connectivity index (χ2n) is 2.93. The lowest BCUT2D eigenvalue weighted by Gasteiger charge is -2.21. The van der Waals surface area contributed by atoms with Crippen LogP contribution in [-0.4, -0.2) is 22.9 Å². The summed E-state index contributed by atoms with van der Waals surface area (Å²) in [7, 11) is 3.92. The zero-order chi connectivity index (χ0) is 9.14. The smallest absolute Gasteiger partial charge is 0.150 e. The molecule has 0 spiro atoms. The van der Waals surface area contributed by atoms with Crippen LogP contribution in [0.5, 0.6) is 0 Å². The number of hydrogen-bond acceptors (Lipinski definition) is 2. The first-order valence-electron chi connectivity index (χ1n) is 4.00. The van der Waals surface area contributed by atoms with Gasteiger partial charge in [0.05, 0.1) is 0 Å². The Kier molecular flexibility index (Phi) is 2.53. The zero-order valence-electron chi connectivity index (χ0n) is 7.86. The Morgan fingerprint density at radius 2 is 2.42 bits per heavy atom. The fourth-order valence-electron chi connectivity index (χ4n) is 0.958. The third-order valence-corrected chi connectivity index (χ3v) is 2.01. The number of aryl methyl sites for hydroxylation is 1. The minimum atomic E-state index is 0.319. The maximum atomic E-state index is 4.27. The third kappa shape index (κ3) is 1.67. The second kappa shape index (κ2) is 3.43. The second-order valence-corrected chi connectivity index (χ2v) is 2.93. The fraction of sp³-hybridized carbons (Fsp3) is 0.444. The van der Waals surface area contributed by atoms with Crippen LogP contribution in [0, 0.1) is 0 Å². The van der Waals surface area contributed by atoms with Gasteiger partial charge < -0.3 is 4.90 Å². The van der Waals surface area contributed by atoms with Crippen LogP contribution in [0.2, 0.25) is 0 Å². The molecule has 12 heavy (non-hydrogen) atoms. The summed E-state index contributed by atoms with van der Waals surface area (Å²) in [5, 5.41) is 4.27. The topological polar surface area (TPSA) is 21.1 Å². The summed E-state index contributed by atoms with van der Waals surface area (Å²) < 4.78 is 1.79. The molecule has 66 valence electrons. The average Bonchev–Trinajstić information content (AvgIpc) is 2.49. The molecule has 0 saturated carbocycles. The molecule has 0 saturated heterocycles. The highest BCUT2D eigenvalue weighted by Crippen LogP contribution is 2.10. The molecule has 1 atom stereocenters. The van der Waals surface area contributed by atoms with Crippen molar-refractivity contribution in [3.63, 3.8) is 0 Å². The summed E-state index contributed by atoms with van der Waals surface area (Å²) in [5.41, 5.74) is 0. The molecule has 1 rings (SSSR count). The Labute approximate surface area is 73.3 Å². The Bertz CT molecular complexity index is 264. The number of rotatable bonds is 3. The molecule has 0 aliphatic rings. The van der Waals surface area contributed by atoms with Crippen molar-refractivity contribution in [2.24, 2.45) is 7.05 Å². The third-order valence-electron chi connectivity index (χ3n) is 2.01. The van der Waals surface area contributed by atoms with Gasteiger partial charge in [-0.1, -0.05) is 6.08 Å². The normalized spacial score (nSPS) is 12.6. The van der Waals surface area contributed by atoms with Crippen molar-refractivity contribution < 1.29 is 0 Å². The van der Waals surface area contributed by atoms with Gasteiger partial charge in [-0.2, -0.15) is 5.10 Å². The molecule has 1 aromatic rings. The van der Waals surface area contributed by atoms with Gasteiger partial charge in [-0.3, -0.25) is 4.68 Å². The van der Waals surface area contributed by atoms with Gasteiger partial charge in [-0.25, -0.2) is 0 Å². The predicted molar refractivity (Wildman–Crippen MR) is 51.3 cm³/mol. The number of hydrogen-bond donors (Lipinski definition) is 0. The lowest BCUT2D eigenvalue weighted by Crippen LogP contribution is -2.27. The van der Waals surface area contributed by atoms with Gasteiger partial charge in [0.1, 0.15) is 0 Å². The van der Waals surface area contributed by atoms with Gasteiger partial charge in [0, 0.05) is 32.4 Å². The summed E-state index contributed by atoms with van der Waals surface area (Å²) in [5.74, 6) is 0.977. The molecule has 0 aromatic carbocycles. The van der Waals surface area contributed by atoms with Crippen molar-refractivity contribution in [3.8, 4) is 0 Å². The van der Waals surface area contributed by atoms with Crippen LogP contribution in [0.1, 0.15) is 6.92 Å². The van der Waals surface area contributed by atoms with Crippen molar-refractivity contribution in [1.82, 2.24) is 9.78 Å². The van der Waals surface area contributed by atoms with E-state index in [1.165, 1.54) is 0 Å². The van der Waals surface area contributed by atoms with E-state index in [0.29, 0.717) is 6.04 Å². The van der Waals surface area contributed by atoms with Crippen molar-refractivity contribution in [2.45, 2.75) is 13.0 Å². The van der Waals surface area contributed by atoms with E-state index < -0.39 is 0 Å². The fourth-order valence-corrected chi connectivity index (χ4v) is 0.958. The zero-order valence-corrected chi connectivity index (χ0v) is 7.86. The Morgan fingerprint density at radius 1 is 1.75 bits per heavy atom. The van der Waals surface area contributed by atoms with Crippen LogP contribution in [0.3, 0.4) is 0 Å². The molecule has 3 heteroatoms. The lowest BCUT2D eigenvalue weighted by molar-refractivity contribution is 0.736. The molecule has 0 aliphatic carbocycles. The van der Waals surface area contributed by atoms with Gasteiger partial charge in [0.15, 0.2) is 5.82 Å². The summed E-state index contributed by atoms with van der Waals surface area (Å²) >= 11 is 0. The summed E-state index contributed by atoms with van der Waals surface area (Å²) in [6, 6.07) is 2.31. The van der Waals surface area contributed by atoms with E-state index in [1.807, 2.05) is 32.4 Å². The van der Waals surface area contributed by atoms with Gasteiger partial charge >= 0.3 is 0 Å². The maximum absolute atomic E-state index is 4.27. The van der Waals surface area contributed by atoms with Crippen LogP contribution < -0.4 is 4.90 Å². The summed E-state index contributed by atoms with van der Waals surface area (Å²) in [4.78, 5) is 2.08. The van der Waals surface area contributed by atoms with E-state index in [4.69, 9.17) is 0 Å². The van der Waals surface area contributed by atoms with E-state index in [2.05, 4.69) is 23.5 Å². The van der Waals surface area contributed by atoms with Crippen LogP contribution in [-0.2, 0) is 7.05 Å². The molecule has 1 unspecified atom stereocenters. The maximum Gasteiger partial charge on any atom is 0.150 e. The largest absolute Gasteiger partial charge is 0.352 e. The highest BCUT2D eigenvalue weighted by molar-refractivity contribution is 5.38. The van der Waals surface area contributed by atoms with E-state index in [-0.39, 0.29) is 0 Å². The van der Waals surface area contributed by atoms with Gasteiger partial charge in [0.2, 0.25) is 0 Å². The van der Waals surface area contributed by atoms with E-state index in [1.54, 1.807) is 4.68 Å². The van der Waals surface area contributed by atoms with Gasteiger partial charge in [-0.05, 0) is 6.92 Å². The standard InChI is InChI=1S/C9H15N3/c1-5-8(2)12(4)9-6-7-11(3)10-9/h5-8H,1H2,2-4H3. The van der Waals surface area contributed by atoms with Crippen molar-refractivity contribution in [1.29, 1.82) is 0 Å². The molecule has 0 radical (unpaired) electrons. The minimum Gasteiger partial charge on any atom is -0.352 e. The SMILES string of the molecule is C=CC(C)N(C)c1ccn(C)n1. The Balaban J connectivity index is 2.77. The number of aromatic nitrogens is 2.